The summed E-state index contributed by atoms with van der Waals surface area (Å²) in [5.41, 5.74) is 4.45. The highest BCUT2D eigenvalue weighted by Crippen LogP contribution is 2.45. The number of thioether (sulfide) groups is 1. The molecular weight excluding hydrogens is 384 g/mol. The maximum Gasteiger partial charge on any atom is 0.140 e. The van der Waals surface area contributed by atoms with Crippen molar-refractivity contribution in [2.75, 3.05) is 12.4 Å². The monoisotopic (exact) mass is 402 g/mol. The Balaban J connectivity index is 1.61. The number of aromatic nitrogens is 1. The van der Waals surface area contributed by atoms with Crippen molar-refractivity contribution >= 4 is 44.7 Å². The largest absolute Gasteiger partial charge is 0.497 e. The predicted octanol–water partition coefficient (Wildman–Crippen LogP) is 6.60. The number of rotatable bonds is 3. The lowest BCUT2D eigenvalue weighted by Gasteiger charge is -2.13. The van der Waals surface area contributed by atoms with Gasteiger partial charge in [0.25, 0.3) is 0 Å². The van der Waals surface area contributed by atoms with Crippen LogP contribution in [0.15, 0.2) is 83.8 Å². The summed E-state index contributed by atoms with van der Waals surface area (Å²) in [6, 6.07) is 25.0. The molecule has 0 saturated heterocycles. The van der Waals surface area contributed by atoms with Crippen molar-refractivity contribution in [2.45, 2.75) is 10.1 Å². The predicted molar refractivity (Wildman–Crippen MR) is 119 cm³/mol. The van der Waals surface area contributed by atoms with Crippen molar-refractivity contribution < 1.29 is 4.74 Å². The number of benzene rings is 3. The van der Waals surface area contributed by atoms with Gasteiger partial charge in [0, 0.05) is 4.90 Å². The van der Waals surface area contributed by atoms with Crippen LogP contribution in [0.5, 0.6) is 5.75 Å². The lowest BCUT2D eigenvalue weighted by atomic mass is 10.1. The van der Waals surface area contributed by atoms with Crippen LogP contribution in [0.2, 0.25) is 0 Å². The molecule has 2 heterocycles. The summed E-state index contributed by atoms with van der Waals surface area (Å²) in [6.45, 7) is 0. The maximum atomic E-state index is 5.32. The zero-order valence-corrected chi connectivity index (χ0v) is 16.9. The summed E-state index contributed by atoms with van der Waals surface area (Å²) < 4.78 is 6.52. The molecule has 28 heavy (non-hydrogen) atoms. The molecule has 5 rings (SSSR count). The second-order valence-electron chi connectivity index (χ2n) is 6.50. The molecule has 4 aromatic rings. The number of nitrogens with one attached hydrogen (secondary N) is 1. The Hall–Kier alpha value is -2.76. The van der Waals surface area contributed by atoms with Crippen LogP contribution in [0.25, 0.3) is 15.9 Å². The minimum atomic E-state index is 0.184. The third-order valence-electron chi connectivity index (χ3n) is 4.70. The van der Waals surface area contributed by atoms with Crippen LogP contribution < -0.4 is 10.1 Å². The van der Waals surface area contributed by atoms with Gasteiger partial charge in [0.15, 0.2) is 0 Å². The molecule has 1 aliphatic rings. The summed E-state index contributed by atoms with van der Waals surface area (Å²) >= 11 is 3.57. The number of anilines is 1. The van der Waals surface area contributed by atoms with Crippen molar-refractivity contribution in [3.63, 3.8) is 0 Å². The van der Waals surface area contributed by atoms with Gasteiger partial charge in [-0.1, -0.05) is 36.4 Å². The lowest BCUT2D eigenvalue weighted by molar-refractivity contribution is 0.414. The van der Waals surface area contributed by atoms with E-state index in [-0.39, 0.29) is 5.25 Å². The average Bonchev–Trinajstić information content (AvgIpc) is 3.08. The van der Waals surface area contributed by atoms with Crippen molar-refractivity contribution in [3.05, 3.63) is 89.4 Å². The lowest BCUT2D eigenvalue weighted by Crippen LogP contribution is -1.98. The first-order valence-corrected chi connectivity index (χ1v) is 10.7. The highest BCUT2D eigenvalue weighted by Gasteiger charge is 2.21. The molecule has 0 aliphatic carbocycles. The number of methoxy groups -OCH3 is 1. The minimum absolute atomic E-state index is 0.184. The quantitative estimate of drug-likeness (QED) is 0.418. The van der Waals surface area contributed by atoms with Gasteiger partial charge in [0.1, 0.15) is 10.8 Å². The van der Waals surface area contributed by atoms with E-state index in [1.165, 1.54) is 15.2 Å². The van der Waals surface area contributed by atoms with E-state index in [0.29, 0.717) is 0 Å². The molecule has 1 N–H and O–H groups in total. The summed E-state index contributed by atoms with van der Waals surface area (Å²) in [5, 5.41) is 4.82. The number of fused-ring (bicyclic) bond motifs is 2. The van der Waals surface area contributed by atoms with Crippen molar-refractivity contribution in [1.82, 2.24) is 4.98 Å². The van der Waals surface area contributed by atoms with E-state index in [9.17, 15) is 0 Å². The second-order valence-corrected chi connectivity index (χ2v) is 8.71. The Morgan fingerprint density at radius 1 is 0.929 bits per heavy atom. The smallest absolute Gasteiger partial charge is 0.140 e. The van der Waals surface area contributed by atoms with E-state index < -0.39 is 0 Å². The molecule has 138 valence electrons. The Kier molecular flexibility index (Phi) is 4.55. The molecule has 1 aromatic heterocycles. The molecule has 0 spiro atoms. The Bertz CT molecular complexity index is 1130. The first-order chi connectivity index (χ1) is 13.8. The van der Waals surface area contributed by atoms with Crippen LogP contribution in [0.4, 0.5) is 5.69 Å². The van der Waals surface area contributed by atoms with Crippen molar-refractivity contribution in [1.29, 1.82) is 0 Å². The van der Waals surface area contributed by atoms with E-state index in [1.54, 1.807) is 18.4 Å². The highest BCUT2D eigenvalue weighted by atomic mass is 32.2. The zero-order chi connectivity index (χ0) is 18.9. The molecule has 0 radical (unpaired) electrons. The van der Waals surface area contributed by atoms with Crippen LogP contribution in [0.1, 0.15) is 15.8 Å². The summed E-state index contributed by atoms with van der Waals surface area (Å²) in [7, 11) is 1.70. The standard InChI is InChI=1S/C23H18N2OS2/c1-26-16-12-10-15(11-13-16)22-14-19(24-17-6-2-4-8-20(17)27-22)23-25-18-7-3-5-9-21(18)28-23/h2-14,22,24H,1H3/t22-/m1/s1. The number of thiazole rings is 1. The third kappa shape index (κ3) is 3.28. The molecule has 0 bridgehead atoms. The first kappa shape index (κ1) is 17.3. The molecule has 1 aliphatic heterocycles. The van der Waals surface area contributed by atoms with Gasteiger partial charge in [-0.05, 0) is 48.0 Å². The fourth-order valence-corrected chi connectivity index (χ4v) is 5.37. The fourth-order valence-electron chi connectivity index (χ4n) is 3.25. The van der Waals surface area contributed by atoms with Gasteiger partial charge in [-0.2, -0.15) is 0 Å². The average molecular weight is 403 g/mol. The molecule has 3 aromatic carbocycles. The van der Waals surface area contributed by atoms with Gasteiger partial charge in [0.05, 0.1) is 34.0 Å². The topological polar surface area (TPSA) is 34.1 Å². The maximum absolute atomic E-state index is 5.32. The highest BCUT2D eigenvalue weighted by molar-refractivity contribution is 7.99. The van der Waals surface area contributed by atoms with Gasteiger partial charge in [-0.25, -0.2) is 4.98 Å². The molecule has 1 atom stereocenters. The Labute approximate surface area is 172 Å². The van der Waals surface area contributed by atoms with E-state index in [0.717, 1.165) is 27.7 Å². The van der Waals surface area contributed by atoms with Crippen LogP contribution in [0.3, 0.4) is 0 Å². The zero-order valence-electron chi connectivity index (χ0n) is 15.3. The molecule has 3 nitrogen and oxygen atoms in total. The van der Waals surface area contributed by atoms with Crippen LogP contribution >= 0.6 is 23.1 Å². The summed E-state index contributed by atoms with van der Waals surface area (Å²) in [4.78, 5) is 6.10. The number of ether oxygens (including phenoxy) is 1. The van der Waals surface area contributed by atoms with E-state index >= 15 is 0 Å². The molecule has 0 unspecified atom stereocenters. The Morgan fingerprint density at radius 2 is 1.71 bits per heavy atom. The second kappa shape index (κ2) is 7.34. The number of nitrogens with zero attached hydrogens (tertiary/aromatic N) is 1. The summed E-state index contributed by atoms with van der Waals surface area (Å²) in [6.07, 6.45) is 2.28. The number of para-hydroxylation sites is 2. The van der Waals surface area contributed by atoms with E-state index in [4.69, 9.17) is 9.72 Å². The molecule has 0 saturated carbocycles. The molecule has 5 heteroatoms. The summed E-state index contributed by atoms with van der Waals surface area (Å²) in [5.74, 6) is 0.872. The molecule has 0 amide bonds. The van der Waals surface area contributed by atoms with Crippen LogP contribution in [0, 0.1) is 0 Å². The van der Waals surface area contributed by atoms with Crippen LogP contribution in [-0.2, 0) is 0 Å². The number of hydrogen-bond donors (Lipinski definition) is 1. The Morgan fingerprint density at radius 3 is 2.54 bits per heavy atom. The van der Waals surface area contributed by atoms with Crippen molar-refractivity contribution in [2.24, 2.45) is 0 Å². The SMILES string of the molecule is COc1ccc([C@H]2C=C(c3nc4ccccc4s3)Nc3ccccc3S2)cc1. The van der Waals surface area contributed by atoms with Gasteiger partial charge in [-0.3, -0.25) is 0 Å². The minimum Gasteiger partial charge on any atom is -0.497 e. The first-order valence-electron chi connectivity index (χ1n) is 9.04. The van der Waals surface area contributed by atoms with Gasteiger partial charge in [-0.15, -0.1) is 23.1 Å². The number of hydrogen-bond acceptors (Lipinski definition) is 5. The van der Waals surface area contributed by atoms with Crippen LogP contribution in [-0.4, -0.2) is 12.1 Å². The molecular formula is C23H18N2OS2. The fraction of sp³-hybridized carbons (Fsp3) is 0.0870. The normalized spacial score (nSPS) is 16.0. The van der Waals surface area contributed by atoms with E-state index in [2.05, 4.69) is 66.0 Å². The van der Waals surface area contributed by atoms with Gasteiger partial charge in [0.2, 0.25) is 0 Å². The molecule has 0 fully saturated rings. The van der Waals surface area contributed by atoms with Crippen molar-refractivity contribution in [3.8, 4) is 5.75 Å². The third-order valence-corrected chi connectivity index (χ3v) is 7.04. The van der Waals surface area contributed by atoms with Gasteiger partial charge < -0.3 is 10.1 Å². The van der Waals surface area contributed by atoms with E-state index in [1.807, 2.05) is 30.0 Å². The van der Waals surface area contributed by atoms with Gasteiger partial charge >= 0.3 is 0 Å².